The number of benzene rings is 1. The number of hydrogen-bond donors (Lipinski definition) is 1. The molecular weight excluding hydrogens is 347 g/mol. The Bertz CT molecular complexity index is 1130. The van der Waals surface area contributed by atoms with Crippen molar-refractivity contribution in [3.05, 3.63) is 58.0 Å². The first kappa shape index (κ1) is 17.2. The number of aromatic nitrogens is 3. The highest BCUT2D eigenvalue weighted by Gasteiger charge is 2.20. The number of anilines is 1. The molecule has 2 heterocycles. The number of rotatable bonds is 4. The SMILES string of the molecule is CCc1nn(C)c(=O)c2cc(S(=O)(=O)Nc3ccc(C)c(F)c3)cn12. The Morgan fingerprint density at radius 1 is 1.28 bits per heavy atom. The third-order valence-electron chi connectivity index (χ3n) is 3.90. The normalized spacial score (nSPS) is 11.8. The van der Waals surface area contributed by atoms with Gasteiger partial charge in [-0.2, -0.15) is 5.10 Å². The van der Waals surface area contributed by atoms with Crippen molar-refractivity contribution in [1.82, 2.24) is 14.2 Å². The lowest BCUT2D eigenvalue weighted by atomic mass is 10.2. The highest BCUT2D eigenvalue weighted by atomic mass is 32.2. The molecule has 0 spiro atoms. The van der Waals surface area contributed by atoms with Crippen LogP contribution in [0.1, 0.15) is 18.3 Å². The third kappa shape index (κ3) is 3.02. The Labute approximate surface area is 143 Å². The number of aryl methyl sites for hydroxylation is 3. The second-order valence-electron chi connectivity index (χ2n) is 5.70. The molecule has 1 N–H and O–H groups in total. The van der Waals surface area contributed by atoms with Crippen LogP contribution < -0.4 is 10.3 Å². The molecule has 0 atom stereocenters. The second kappa shape index (κ2) is 5.99. The predicted molar refractivity (Wildman–Crippen MR) is 91.8 cm³/mol. The van der Waals surface area contributed by atoms with E-state index < -0.39 is 21.4 Å². The number of sulfonamides is 1. The Balaban J connectivity index is 2.09. The minimum Gasteiger partial charge on any atom is -0.297 e. The predicted octanol–water partition coefficient (Wildman–Crippen LogP) is 1.84. The van der Waals surface area contributed by atoms with Crippen LogP contribution >= 0.6 is 0 Å². The zero-order valence-corrected chi connectivity index (χ0v) is 14.8. The molecule has 1 aromatic carbocycles. The molecule has 0 aliphatic heterocycles. The Morgan fingerprint density at radius 3 is 2.64 bits per heavy atom. The summed E-state index contributed by atoms with van der Waals surface area (Å²) < 4.78 is 43.8. The maximum Gasteiger partial charge on any atom is 0.290 e. The monoisotopic (exact) mass is 364 g/mol. The summed E-state index contributed by atoms with van der Waals surface area (Å²) in [6, 6.07) is 5.36. The van der Waals surface area contributed by atoms with Crippen LogP contribution in [0.3, 0.4) is 0 Å². The Morgan fingerprint density at radius 2 is 2.00 bits per heavy atom. The van der Waals surface area contributed by atoms with Gasteiger partial charge < -0.3 is 0 Å². The van der Waals surface area contributed by atoms with E-state index in [-0.39, 0.29) is 16.1 Å². The summed E-state index contributed by atoms with van der Waals surface area (Å²) in [6.07, 6.45) is 1.87. The van der Waals surface area contributed by atoms with Crippen LogP contribution in [0.2, 0.25) is 0 Å². The zero-order chi connectivity index (χ0) is 18.4. The molecule has 0 radical (unpaired) electrons. The molecule has 3 aromatic rings. The zero-order valence-electron chi connectivity index (χ0n) is 13.9. The number of nitrogens with one attached hydrogen (secondary N) is 1. The van der Waals surface area contributed by atoms with E-state index in [9.17, 15) is 17.6 Å². The molecular formula is C16H17FN4O3S. The first-order chi connectivity index (χ1) is 11.7. The van der Waals surface area contributed by atoms with Crippen molar-refractivity contribution in [2.75, 3.05) is 4.72 Å². The average molecular weight is 364 g/mol. The van der Waals surface area contributed by atoms with E-state index >= 15 is 0 Å². The van der Waals surface area contributed by atoms with Crippen molar-refractivity contribution in [2.24, 2.45) is 7.05 Å². The van der Waals surface area contributed by atoms with Gasteiger partial charge in [-0.1, -0.05) is 13.0 Å². The molecule has 0 aliphatic rings. The average Bonchev–Trinajstić information content (AvgIpc) is 3.01. The van der Waals surface area contributed by atoms with E-state index in [2.05, 4.69) is 9.82 Å². The summed E-state index contributed by atoms with van der Waals surface area (Å²) >= 11 is 0. The first-order valence-electron chi connectivity index (χ1n) is 7.60. The molecule has 0 bridgehead atoms. The van der Waals surface area contributed by atoms with Crippen molar-refractivity contribution in [3.63, 3.8) is 0 Å². The number of nitrogens with zero attached hydrogens (tertiary/aromatic N) is 3. The van der Waals surface area contributed by atoms with E-state index in [0.29, 0.717) is 17.8 Å². The smallest absolute Gasteiger partial charge is 0.290 e. The van der Waals surface area contributed by atoms with Gasteiger partial charge in [-0.15, -0.1) is 0 Å². The highest BCUT2D eigenvalue weighted by molar-refractivity contribution is 7.92. The summed E-state index contributed by atoms with van der Waals surface area (Å²) in [4.78, 5) is 12.1. The van der Waals surface area contributed by atoms with Crippen LogP contribution in [-0.4, -0.2) is 22.6 Å². The van der Waals surface area contributed by atoms with Gasteiger partial charge in [-0.3, -0.25) is 13.9 Å². The lowest BCUT2D eigenvalue weighted by molar-refractivity contribution is 0.601. The number of halogens is 1. The van der Waals surface area contributed by atoms with Crippen molar-refractivity contribution in [3.8, 4) is 0 Å². The van der Waals surface area contributed by atoms with E-state index in [4.69, 9.17) is 0 Å². The second-order valence-corrected chi connectivity index (χ2v) is 7.38. The topological polar surface area (TPSA) is 85.5 Å². The summed E-state index contributed by atoms with van der Waals surface area (Å²) in [7, 11) is -2.46. The summed E-state index contributed by atoms with van der Waals surface area (Å²) in [6.45, 7) is 3.44. The third-order valence-corrected chi connectivity index (χ3v) is 5.25. The number of fused-ring (bicyclic) bond motifs is 1. The molecule has 25 heavy (non-hydrogen) atoms. The first-order valence-corrected chi connectivity index (χ1v) is 9.08. The molecule has 0 fully saturated rings. The summed E-state index contributed by atoms with van der Waals surface area (Å²) in [5.74, 6) is 0.0495. The fourth-order valence-corrected chi connectivity index (χ4v) is 3.57. The number of hydrogen-bond acceptors (Lipinski definition) is 4. The maximum atomic E-state index is 13.6. The van der Waals surface area contributed by atoms with Crippen molar-refractivity contribution >= 4 is 21.2 Å². The Hall–Kier alpha value is -2.68. The largest absolute Gasteiger partial charge is 0.297 e. The van der Waals surface area contributed by atoms with Gasteiger partial charge in [0.05, 0.1) is 5.69 Å². The minimum absolute atomic E-state index is 0.0896. The van der Waals surface area contributed by atoms with Gasteiger partial charge in [-0.05, 0) is 30.7 Å². The molecule has 0 saturated heterocycles. The van der Waals surface area contributed by atoms with Gasteiger partial charge in [0.15, 0.2) is 0 Å². The maximum absolute atomic E-state index is 13.6. The Kier molecular flexibility index (Phi) is 4.11. The standard InChI is InChI=1S/C16H17FN4O3S/c1-4-15-18-20(3)16(22)14-8-12(9-21(14)15)25(23,24)19-11-6-5-10(2)13(17)7-11/h5-9,19H,4H2,1-3H3. The van der Waals surface area contributed by atoms with Crippen molar-refractivity contribution < 1.29 is 12.8 Å². The van der Waals surface area contributed by atoms with Crippen LogP contribution in [0.15, 0.2) is 40.2 Å². The van der Waals surface area contributed by atoms with Crippen LogP contribution in [0.25, 0.3) is 5.52 Å². The quantitative estimate of drug-likeness (QED) is 0.765. The fourth-order valence-electron chi connectivity index (χ4n) is 2.51. The van der Waals surface area contributed by atoms with Crippen LogP contribution in [-0.2, 0) is 23.5 Å². The summed E-state index contributed by atoms with van der Waals surface area (Å²) in [5.41, 5.74) is 0.338. The van der Waals surface area contributed by atoms with Crippen LogP contribution in [0.4, 0.5) is 10.1 Å². The van der Waals surface area contributed by atoms with E-state index in [1.54, 1.807) is 6.92 Å². The molecule has 0 saturated carbocycles. The van der Waals surface area contributed by atoms with Gasteiger partial charge in [0.2, 0.25) is 0 Å². The van der Waals surface area contributed by atoms with E-state index in [0.717, 1.165) is 6.07 Å². The lowest BCUT2D eigenvalue weighted by Crippen LogP contribution is -2.23. The van der Waals surface area contributed by atoms with E-state index in [1.807, 2.05) is 6.92 Å². The van der Waals surface area contributed by atoms with Crippen LogP contribution in [0.5, 0.6) is 0 Å². The minimum atomic E-state index is -3.97. The summed E-state index contributed by atoms with van der Waals surface area (Å²) in [5, 5.41) is 4.12. The van der Waals surface area contributed by atoms with Gasteiger partial charge in [0, 0.05) is 19.7 Å². The molecule has 0 aliphatic carbocycles. The van der Waals surface area contributed by atoms with Crippen molar-refractivity contribution in [2.45, 2.75) is 25.2 Å². The molecule has 2 aromatic heterocycles. The van der Waals surface area contributed by atoms with Crippen molar-refractivity contribution in [1.29, 1.82) is 0 Å². The molecule has 9 heteroatoms. The van der Waals surface area contributed by atoms with E-state index in [1.165, 1.54) is 40.5 Å². The molecule has 0 amide bonds. The van der Waals surface area contributed by atoms with Crippen LogP contribution in [0, 0.1) is 12.7 Å². The van der Waals surface area contributed by atoms with Gasteiger partial charge in [0.1, 0.15) is 22.1 Å². The molecule has 0 unspecified atom stereocenters. The van der Waals surface area contributed by atoms with Gasteiger partial charge >= 0.3 is 0 Å². The fraction of sp³-hybridized carbons (Fsp3) is 0.250. The lowest BCUT2D eigenvalue weighted by Gasteiger charge is -2.07. The molecule has 7 nitrogen and oxygen atoms in total. The molecule has 132 valence electrons. The van der Waals surface area contributed by atoms with Gasteiger partial charge in [0.25, 0.3) is 15.6 Å². The van der Waals surface area contributed by atoms with Gasteiger partial charge in [-0.25, -0.2) is 17.5 Å². The highest BCUT2D eigenvalue weighted by Crippen LogP contribution is 2.20. The molecule has 3 rings (SSSR count).